The van der Waals surface area contributed by atoms with E-state index in [0.29, 0.717) is 41.2 Å². The summed E-state index contributed by atoms with van der Waals surface area (Å²) in [5.74, 6) is 0.427. The lowest BCUT2D eigenvalue weighted by Gasteiger charge is -2.38. The summed E-state index contributed by atoms with van der Waals surface area (Å²) in [6.07, 6.45) is -0.320. The largest absolute Gasteiger partial charge is 0.497 e. The lowest BCUT2D eigenvalue weighted by atomic mass is 9.99. The van der Waals surface area contributed by atoms with Crippen molar-refractivity contribution < 1.29 is 27.8 Å². The minimum atomic E-state index is -3.94. The van der Waals surface area contributed by atoms with Crippen molar-refractivity contribution in [1.29, 1.82) is 0 Å². The zero-order valence-corrected chi connectivity index (χ0v) is 26.2. The zero-order chi connectivity index (χ0) is 30.6. The van der Waals surface area contributed by atoms with Gasteiger partial charge in [-0.1, -0.05) is 36.2 Å². The van der Waals surface area contributed by atoms with Crippen LogP contribution >= 0.6 is 23.2 Å². The molecule has 226 valence electrons. The van der Waals surface area contributed by atoms with Gasteiger partial charge in [-0.05, 0) is 74.1 Å². The van der Waals surface area contributed by atoms with E-state index in [1.807, 2.05) is 26.1 Å². The third kappa shape index (κ3) is 7.48. The van der Waals surface area contributed by atoms with Gasteiger partial charge < -0.3 is 19.5 Å². The van der Waals surface area contributed by atoms with E-state index in [9.17, 15) is 18.3 Å². The Balaban J connectivity index is 1.62. The molecule has 0 saturated carbocycles. The Hall–Kier alpha value is -3.02. The highest BCUT2D eigenvalue weighted by Gasteiger charge is 2.34. The van der Waals surface area contributed by atoms with Crippen LogP contribution in [0.5, 0.6) is 11.5 Å². The number of nitrogens with one attached hydrogen (secondary N) is 1. The van der Waals surface area contributed by atoms with Crippen LogP contribution in [0.3, 0.4) is 0 Å². The summed E-state index contributed by atoms with van der Waals surface area (Å²) in [5, 5.41) is 10.9. The smallest absolute Gasteiger partial charge is 0.261 e. The van der Waals surface area contributed by atoms with Crippen molar-refractivity contribution in [3.63, 3.8) is 0 Å². The summed E-state index contributed by atoms with van der Waals surface area (Å²) >= 11 is 12.3. The maximum Gasteiger partial charge on any atom is 0.261 e. The highest BCUT2D eigenvalue weighted by Crippen LogP contribution is 2.32. The molecule has 0 radical (unpaired) electrons. The number of carbonyl (C=O) groups is 1. The van der Waals surface area contributed by atoms with Gasteiger partial charge in [-0.3, -0.25) is 14.4 Å². The van der Waals surface area contributed by atoms with Crippen molar-refractivity contribution in [2.45, 2.75) is 37.4 Å². The molecule has 0 spiro atoms. The molecule has 2 N–H and O–H groups in total. The molecule has 0 saturated heterocycles. The number of carbonyl (C=O) groups excluding carboxylic acids is 1. The number of benzene rings is 3. The van der Waals surface area contributed by atoms with Gasteiger partial charge in [-0.2, -0.15) is 0 Å². The number of aliphatic hydroxyl groups excluding tert-OH is 1. The molecule has 0 aromatic heterocycles. The van der Waals surface area contributed by atoms with Crippen LogP contribution in [-0.4, -0.2) is 75.2 Å². The monoisotopic (exact) mass is 635 g/mol. The van der Waals surface area contributed by atoms with Gasteiger partial charge in [0.05, 0.1) is 40.3 Å². The second-order valence-corrected chi connectivity index (χ2v) is 13.1. The van der Waals surface area contributed by atoms with Gasteiger partial charge in [-0.25, -0.2) is 8.42 Å². The summed E-state index contributed by atoms with van der Waals surface area (Å²) in [4.78, 5) is 17.5. The predicted octanol–water partition coefficient (Wildman–Crippen LogP) is 5.15. The molecule has 1 amide bonds. The number of fused-ring (bicyclic) bond motifs is 1. The number of hydrogen-bond donors (Lipinski definition) is 2. The lowest BCUT2D eigenvalue weighted by molar-refractivity contribution is 0.0341. The van der Waals surface area contributed by atoms with Crippen LogP contribution in [0.1, 0.15) is 29.8 Å². The minimum Gasteiger partial charge on any atom is -0.497 e. The van der Waals surface area contributed by atoms with Crippen molar-refractivity contribution in [1.82, 2.24) is 9.80 Å². The molecule has 0 aliphatic carbocycles. The number of nitrogens with zero attached hydrogens (tertiary/aromatic N) is 2. The number of methoxy groups -OCH3 is 1. The van der Waals surface area contributed by atoms with E-state index in [1.54, 1.807) is 42.2 Å². The quantitative estimate of drug-likeness (QED) is 0.317. The molecule has 0 fully saturated rings. The average molecular weight is 637 g/mol. The van der Waals surface area contributed by atoms with Crippen molar-refractivity contribution in [3.8, 4) is 11.5 Å². The molecule has 1 aliphatic heterocycles. The van der Waals surface area contributed by atoms with Crippen molar-refractivity contribution in [3.05, 3.63) is 81.8 Å². The van der Waals surface area contributed by atoms with Crippen LogP contribution in [0.25, 0.3) is 0 Å². The number of sulfonamides is 1. The highest BCUT2D eigenvalue weighted by molar-refractivity contribution is 7.92. The van der Waals surface area contributed by atoms with Crippen LogP contribution < -0.4 is 14.2 Å². The molecular formula is C30H35Cl2N3O6S. The maximum atomic E-state index is 13.7. The van der Waals surface area contributed by atoms with E-state index in [2.05, 4.69) is 9.62 Å². The van der Waals surface area contributed by atoms with Gasteiger partial charge in [0, 0.05) is 31.2 Å². The Bertz CT molecular complexity index is 1520. The Kier molecular flexibility index (Phi) is 10.3. The summed E-state index contributed by atoms with van der Waals surface area (Å²) in [6, 6.07) is 15.7. The normalized spacial score (nSPS) is 18.1. The molecule has 0 unspecified atom stereocenters. The van der Waals surface area contributed by atoms with Crippen LogP contribution in [0, 0.1) is 5.92 Å². The van der Waals surface area contributed by atoms with Gasteiger partial charge in [0.1, 0.15) is 17.6 Å². The molecular weight excluding hydrogens is 601 g/mol. The van der Waals surface area contributed by atoms with Crippen LogP contribution in [-0.2, 0) is 16.6 Å². The van der Waals surface area contributed by atoms with Crippen LogP contribution in [0.4, 0.5) is 5.69 Å². The molecule has 1 aliphatic rings. The molecule has 12 heteroatoms. The number of rotatable bonds is 10. The van der Waals surface area contributed by atoms with E-state index in [0.717, 1.165) is 5.56 Å². The van der Waals surface area contributed by atoms with E-state index >= 15 is 0 Å². The number of amides is 1. The average Bonchev–Trinajstić information content (AvgIpc) is 2.96. The topological polar surface area (TPSA) is 108 Å². The number of hydrogen-bond acceptors (Lipinski definition) is 7. The van der Waals surface area contributed by atoms with Crippen LogP contribution in [0.15, 0.2) is 65.6 Å². The molecule has 1 heterocycles. The number of anilines is 1. The molecule has 3 atom stereocenters. The fourth-order valence-electron chi connectivity index (χ4n) is 4.79. The van der Waals surface area contributed by atoms with Gasteiger partial charge >= 0.3 is 0 Å². The number of halogens is 2. The van der Waals surface area contributed by atoms with Gasteiger partial charge in [-0.15, -0.1) is 0 Å². The van der Waals surface area contributed by atoms with Gasteiger partial charge in [0.25, 0.3) is 15.9 Å². The van der Waals surface area contributed by atoms with Crippen molar-refractivity contribution in [2.75, 3.05) is 38.6 Å². The summed E-state index contributed by atoms with van der Waals surface area (Å²) < 4.78 is 40.2. The number of ether oxygens (including phenoxy) is 2. The Morgan fingerprint density at radius 3 is 2.48 bits per heavy atom. The molecule has 3 aromatic rings. The van der Waals surface area contributed by atoms with E-state index in [-0.39, 0.29) is 40.7 Å². The standard InChI is InChI=1S/C30H35Cl2N3O6S/c1-19-15-35(20(2)18-36)30(37)25-14-22(33-42(38,39)24-9-7-23(40-4)8-10-24)6-12-28(25)41-29(19)17-34(3)16-21-5-11-26(31)27(32)13-21/h5-14,19-20,29,33,36H,15-18H2,1-4H3/t19-,20+,29-/m0/s1. The summed E-state index contributed by atoms with van der Waals surface area (Å²) in [6.45, 7) is 5.02. The third-order valence-corrected chi connectivity index (χ3v) is 9.35. The van der Waals surface area contributed by atoms with E-state index in [1.165, 1.54) is 25.3 Å². The van der Waals surface area contributed by atoms with E-state index < -0.39 is 16.1 Å². The first-order chi connectivity index (χ1) is 19.9. The Labute approximate surface area is 257 Å². The molecule has 4 rings (SSSR count). The number of likely N-dealkylation sites (N-methyl/N-ethyl adjacent to an activating group) is 1. The highest BCUT2D eigenvalue weighted by atomic mass is 35.5. The second-order valence-electron chi connectivity index (χ2n) is 10.6. The zero-order valence-electron chi connectivity index (χ0n) is 23.9. The predicted molar refractivity (Wildman–Crippen MR) is 164 cm³/mol. The fourth-order valence-corrected chi connectivity index (χ4v) is 6.16. The summed E-state index contributed by atoms with van der Waals surface area (Å²) in [7, 11) is -0.474. The van der Waals surface area contributed by atoms with Crippen molar-refractivity contribution in [2.24, 2.45) is 5.92 Å². The molecule has 0 bridgehead atoms. The minimum absolute atomic E-state index is 0.0482. The third-order valence-electron chi connectivity index (χ3n) is 7.21. The van der Waals surface area contributed by atoms with Gasteiger partial charge in [0.2, 0.25) is 0 Å². The summed E-state index contributed by atoms with van der Waals surface area (Å²) in [5.41, 5.74) is 1.40. The molecule has 42 heavy (non-hydrogen) atoms. The first kappa shape index (κ1) is 31.9. The Morgan fingerprint density at radius 1 is 1.12 bits per heavy atom. The molecule has 9 nitrogen and oxygen atoms in total. The van der Waals surface area contributed by atoms with Crippen LogP contribution in [0.2, 0.25) is 10.0 Å². The first-order valence-electron chi connectivity index (χ1n) is 13.4. The maximum absolute atomic E-state index is 13.7. The first-order valence-corrected chi connectivity index (χ1v) is 15.7. The second kappa shape index (κ2) is 13.5. The fraction of sp³-hybridized carbons (Fsp3) is 0.367. The Morgan fingerprint density at radius 2 is 1.83 bits per heavy atom. The van der Waals surface area contributed by atoms with Gasteiger partial charge in [0.15, 0.2) is 0 Å². The SMILES string of the molecule is COc1ccc(S(=O)(=O)Nc2ccc3c(c2)C(=O)N([C@H](C)CO)C[C@H](C)[C@H](CN(C)Cc2ccc(Cl)c(Cl)c2)O3)cc1. The number of aliphatic hydroxyl groups is 1. The van der Waals surface area contributed by atoms with Crippen molar-refractivity contribution >= 4 is 44.8 Å². The molecule has 3 aromatic carbocycles. The lowest BCUT2D eigenvalue weighted by Crippen LogP contribution is -2.49. The van der Waals surface area contributed by atoms with E-state index in [4.69, 9.17) is 32.7 Å².